The average molecular weight is 336 g/mol. The second-order valence-electron chi connectivity index (χ2n) is 6.84. The van der Waals surface area contributed by atoms with Gasteiger partial charge in [-0.05, 0) is 43.5 Å². The minimum atomic E-state index is 0.114. The van der Waals surface area contributed by atoms with Gasteiger partial charge in [0.1, 0.15) is 11.5 Å². The second-order valence-corrected chi connectivity index (χ2v) is 6.84. The van der Waals surface area contributed by atoms with E-state index in [0.717, 1.165) is 49.4 Å². The van der Waals surface area contributed by atoms with E-state index in [0.29, 0.717) is 11.6 Å². The van der Waals surface area contributed by atoms with Crippen LogP contribution in [0.2, 0.25) is 0 Å². The number of nitrogens with one attached hydrogen (secondary N) is 1. The lowest BCUT2D eigenvalue weighted by molar-refractivity contribution is 0.0705. The Hall–Kier alpha value is -2.56. The average Bonchev–Trinajstić information content (AvgIpc) is 3.27. The van der Waals surface area contributed by atoms with Gasteiger partial charge in [0.2, 0.25) is 0 Å². The van der Waals surface area contributed by atoms with E-state index >= 15 is 0 Å². The SMILES string of the molecule is CCc1ccc(C(=O)N2CCC(c3nc4ccccc4n3C)CC2)[nH]1. The zero-order valence-corrected chi connectivity index (χ0v) is 14.8. The number of fused-ring (bicyclic) bond motifs is 1. The Balaban J connectivity index is 1.47. The summed E-state index contributed by atoms with van der Waals surface area (Å²) in [5.41, 5.74) is 4.04. The van der Waals surface area contributed by atoms with Gasteiger partial charge in [-0.15, -0.1) is 0 Å². The monoisotopic (exact) mass is 336 g/mol. The molecule has 0 radical (unpaired) electrons. The molecule has 130 valence electrons. The van der Waals surface area contributed by atoms with Crippen LogP contribution in [0, 0.1) is 0 Å². The standard InChI is InChI=1S/C20H24N4O/c1-3-15-8-9-17(21-15)20(25)24-12-10-14(11-13-24)19-22-16-6-4-5-7-18(16)23(19)2/h4-9,14,21H,3,10-13H2,1-2H3. The number of imidazole rings is 1. The summed E-state index contributed by atoms with van der Waals surface area (Å²) in [6.45, 7) is 3.66. The van der Waals surface area contributed by atoms with Crippen molar-refractivity contribution in [2.24, 2.45) is 7.05 Å². The summed E-state index contributed by atoms with van der Waals surface area (Å²) in [6, 6.07) is 12.2. The number of para-hydroxylation sites is 2. The van der Waals surface area contributed by atoms with Crippen molar-refractivity contribution in [3.8, 4) is 0 Å². The normalized spacial score (nSPS) is 15.8. The number of piperidine rings is 1. The second kappa shape index (κ2) is 6.39. The molecule has 0 saturated carbocycles. The molecule has 1 aromatic carbocycles. The molecule has 1 N–H and O–H groups in total. The number of carbonyl (C=O) groups is 1. The van der Waals surface area contributed by atoms with Gasteiger partial charge in [-0.2, -0.15) is 0 Å². The number of amides is 1. The third kappa shape index (κ3) is 2.84. The summed E-state index contributed by atoms with van der Waals surface area (Å²) in [5.74, 6) is 1.67. The van der Waals surface area contributed by atoms with Gasteiger partial charge in [0.05, 0.1) is 11.0 Å². The van der Waals surface area contributed by atoms with E-state index in [1.807, 2.05) is 23.1 Å². The minimum Gasteiger partial charge on any atom is -0.354 e. The maximum atomic E-state index is 12.7. The van der Waals surface area contributed by atoms with Crippen LogP contribution in [0.1, 0.15) is 47.7 Å². The number of hydrogen-bond acceptors (Lipinski definition) is 2. The van der Waals surface area contributed by atoms with Crippen molar-refractivity contribution >= 4 is 16.9 Å². The highest BCUT2D eigenvalue weighted by Crippen LogP contribution is 2.30. The molecule has 0 aliphatic carbocycles. The summed E-state index contributed by atoms with van der Waals surface area (Å²) in [7, 11) is 2.09. The third-order valence-corrected chi connectivity index (χ3v) is 5.33. The number of likely N-dealkylation sites (tertiary alicyclic amines) is 1. The molecule has 1 aliphatic heterocycles. The number of benzene rings is 1. The molecular formula is C20H24N4O. The first-order chi connectivity index (χ1) is 12.2. The topological polar surface area (TPSA) is 53.9 Å². The van der Waals surface area contributed by atoms with E-state index in [2.05, 4.69) is 41.7 Å². The Kier molecular flexibility index (Phi) is 4.07. The van der Waals surface area contributed by atoms with Gasteiger partial charge in [-0.1, -0.05) is 19.1 Å². The fourth-order valence-corrected chi connectivity index (χ4v) is 3.81. The van der Waals surface area contributed by atoms with Crippen LogP contribution < -0.4 is 0 Å². The van der Waals surface area contributed by atoms with Gasteiger partial charge in [0, 0.05) is 31.7 Å². The molecule has 0 atom stereocenters. The molecule has 0 unspecified atom stereocenters. The molecule has 1 fully saturated rings. The van der Waals surface area contributed by atoms with Crippen molar-refractivity contribution in [1.29, 1.82) is 0 Å². The van der Waals surface area contributed by atoms with Crippen molar-refractivity contribution in [1.82, 2.24) is 19.4 Å². The van der Waals surface area contributed by atoms with Gasteiger partial charge in [-0.25, -0.2) is 4.98 Å². The predicted molar refractivity (Wildman–Crippen MR) is 98.8 cm³/mol. The molecule has 1 amide bonds. The molecule has 3 heterocycles. The summed E-state index contributed by atoms with van der Waals surface area (Å²) in [4.78, 5) is 22.7. The van der Waals surface area contributed by atoms with E-state index in [1.165, 1.54) is 5.52 Å². The van der Waals surface area contributed by atoms with Crippen LogP contribution in [0.5, 0.6) is 0 Å². The van der Waals surface area contributed by atoms with Crippen molar-refractivity contribution in [3.63, 3.8) is 0 Å². The van der Waals surface area contributed by atoms with Crippen LogP contribution in [0.3, 0.4) is 0 Å². The molecule has 0 bridgehead atoms. The lowest BCUT2D eigenvalue weighted by Gasteiger charge is -2.31. The lowest BCUT2D eigenvalue weighted by atomic mass is 9.95. The maximum Gasteiger partial charge on any atom is 0.270 e. The minimum absolute atomic E-state index is 0.114. The number of aromatic nitrogens is 3. The molecule has 2 aromatic heterocycles. The van der Waals surface area contributed by atoms with Crippen molar-refractivity contribution in [3.05, 3.63) is 53.6 Å². The Morgan fingerprint density at radius 2 is 1.96 bits per heavy atom. The largest absolute Gasteiger partial charge is 0.354 e. The molecule has 4 rings (SSSR count). The molecule has 5 nitrogen and oxygen atoms in total. The number of hydrogen-bond donors (Lipinski definition) is 1. The number of aromatic amines is 1. The fraction of sp³-hybridized carbons (Fsp3) is 0.400. The lowest BCUT2D eigenvalue weighted by Crippen LogP contribution is -2.38. The van der Waals surface area contributed by atoms with Gasteiger partial charge < -0.3 is 14.5 Å². The van der Waals surface area contributed by atoms with Gasteiger partial charge in [-0.3, -0.25) is 4.79 Å². The quantitative estimate of drug-likeness (QED) is 0.796. The fourth-order valence-electron chi connectivity index (χ4n) is 3.81. The van der Waals surface area contributed by atoms with Gasteiger partial charge in [0.25, 0.3) is 5.91 Å². The van der Waals surface area contributed by atoms with Gasteiger partial charge >= 0.3 is 0 Å². The van der Waals surface area contributed by atoms with E-state index < -0.39 is 0 Å². The summed E-state index contributed by atoms with van der Waals surface area (Å²) < 4.78 is 2.20. The highest BCUT2D eigenvalue weighted by molar-refractivity contribution is 5.92. The number of H-pyrrole nitrogens is 1. The van der Waals surface area contributed by atoms with Crippen LogP contribution in [0.15, 0.2) is 36.4 Å². The highest BCUT2D eigenvalue weighted by Gasteiger charge is 2.27. The first-order valence-electron chi connectivity index (χ1n) is 9.06. The Morgan fingerprint density at radius 3 is 2.64 bits per heavy atom. The summed E-state index contributed by atoms with van der Waals surface area (Å²) in [5, 5.41) is 0. The number of aryl methyl sites for hydroxylation is 2. The first-order valence-corrected chi connectivity index (χ1v) is 9.06. The van der Waals surface area contributed by atoms with Crippen molar-refractivity contribution < 1.29 is 4.79 Å². The van der Waals surface area contributed by atoms with Crippen molar-refractivity contribution in [2.45, 2.75) is 32.1 Å². The first kappa shape index (κ1) is 15.9. The molecule has 3 aromatic rings. The number of nitrogens with zero attached hydrogens (tertiary/aromatic N) is 3. The van der Waals surface area contributed by atoms with E-state index in [1.54, 1.807) is 0 Å². The number of carbonyl (C=O) groups excluding carboxylic acids is 1. The Morgan fingerprint density at radius 1 is 1.20 bits per heavy atom. The molecular weight excluding hydrogens is 312 g/mol. The van der Waals surface area contributed by atoms with E-state index in [9.17, 15) is 4.79 Å². The zero-order valence-electron chi connectivity index (χ0n) is 14.8. The zero-order chi connectivity index (χ0) is 17.4. The van der Waals surface area contributed by atoms with Crippen LogP contribution in [-0.4, -0.2) is 38.4 Å². The predicted octanol–water partition coefficient (Wildman–Crippen LogP) is 3.48. The van der Waals surface area contributed by atoms with Crippen LogP contribution in [0.25, 0.3) is 11.0 Å². The Bertz CT molecular complexity index is 899. The summed E-state index contributed by atoms with van der Waals surface area (Å²) >= 11 is 0. The van der Waals surface area contributed by atoms with Crippen LogP contribution in [0.4, 0.5) is 0 Å². The van der Waals surface area contributed by atoms with E-state index in [4.69, 9.17) is 4.98 Å². The Labute approximate surface area is 147 Å². The molecule has 5 heteroatoms. The van der Waals surface area contributed by atoms with Gasteiger partial charge in [0.15, 0.2) is 0 Å². The molecule has 25 heavy (non-hydrogen) atoms. The third-order valence-electron chi connectivity index (χ3n) is 5.33. The highest BCUT2D eigenvalue weighted by atomic mass is 16.2. The van der Waals surface area contributed by atoms with Crippen LogP contribution in [-0.2, 0) is 13.5 Å². The molecule has 1 saturated heterocycles. The maximum absolute atomic E-state index is 12.7. The smallest absolute Gasteiger partial charge is 0.270 e. The van der Waals surface area contributed by atoms with E-state index in [-0.39, 0.29) is 5.91 Å². The molecule has 0 spiro atoms. The summed E-state index contributed by atoms with van der Waals surface area (Å²) in [6.07, 6.45) is 2.84. The number of rotatable bonds is 3. The van der Waals surface area contributed by atoms with Crippen LogP contribution >= 0.6 is 0 Å². The van der Waals surface area contributed by atoms with Crippen molar-refractivity contribution in [2.75, 3.05) is 13.1 Å². The molecule has 1 aliphatic rings.